The molecule has 0 saturated heterocycles. The van der Waals surface area contributed by atoms with Gasteiger partial charge in [0.2, 0.25) is 0 Å². The van der Waals surface area contributed by atoms with E-state index in [-0.39, 0.29) is 37.5 Å². The lowest BCUT2D eigenvalue weighted by molar-refractivity contribution is 0.440. The van der Waals surface area contributed by atoms with Crippen LogP contribution in [0.4, 0.5) is 0 Å². The van der Waals surface area contributed by atoms with E-state index >= 15 is 0 Å². The molecule has 0 heterocycles. The fourth-order valence-corrected chi connectivity index (χ4v) is 5.51. The zero-order chi connectivity index (χ0) is 21.6. The lowest BCUT2D eigenvalue weighted by atomic mass is 9.83. The van der Waals surface area contributed by atoms with Crippen LogP contribution in [0.15, 0.2) is 54.6 Å². The van der Waals surface area contributed by atoms with Crippen LogP contribution in [0.5, 0.6) is 11.5 Å². The molecule has 0 bridgehead atoms. The summed E-state index contributed by atoms with van der Waals surface area (Å²) in [4.78, 5) is 0. The Morgan fingerprint density at radius 3 is 1.90 bits per heavy atom. The van der Waals surface area contributed by atoms with Gasteiger partial charge in [-0.3, -0.25) is 4.55 Å². The Bertz CT molecular complexity index is 1200. The first kappa shape index (κ1) is 22.0. The van der Waals surface area contributed by atoms with Crippen molar-refractivity contribution in [3.8, 4) is 11.5 Å². The van der Waals surface area contributed by atoms with Gasteiger partial charge < -0.3 is 10.2 Å². The lowest BCUT2D eigenvalue weighted by Crippen LogP contribution is -2.38. The van der Waals surface area contributed by atoms with Crippen molar-refractivity contribution in [2.45, 2.75) is 4.75 Å². The maximum Gasteiger partial charge on any atom is 0.283 e. The van der Waals surface area contributed by atoms with Crippen molar-refractivity contribution < 1.29 is 23.2 Å². The number of halogens is 4. The SMILES string of the molecule is O=S(=O)(O)C(c1ccc(Cl)cc1)(c1ccc(O)cc1Cl)c1cc(Cl)cc(Cl)c1O. The van der Waals surface area contributed by atoms with Crippen molar-refractivity contribution in [3.63, 3.8) is 0 Å². The van der Waals surface area contributed by atoms with Gasteiger partial charge in [-0.2, -0.15) is 8.42 Å². The first-order chi connectivity index (χ1) is 13.5. The quantitative estimate of drug-likeness (QED) is 0.311. The third kappa shape index (κ3) is 3.77. The van der Waals surface area contributed by atoms with Gasteiger partial charge in [-0.15, -0.1) is 0 Å². The van der Waals surface area contributed by atoms with Crippen LogP contribution in [0.25, 0.3) is 0 Å². The van der Waals surface area contributed by atoms with Gasteiger partial charge in [0.15, 0.2) is 4.75 Å². The van der Waals surface area contributed by atoms with Gasteiger partial charge in [-0.1, -0.05) is 64.6 Å². The number of phenols is 2. The Hall–Kier alpha value is -1.67. The maximum absolute atomic E-state index is 13.0. The summed E-state index contributed by atoms with van der Waals surface area (Å²) >= 11 is 24.3. The number of phenolic OH excluding ortho intramolecular Hbond substituents is 2. The van der Waals surface area contributed by atoms with Crippen LogP contribution in [0, 0.1) is 0 Å². The standard InChI is InChI=1S/C19H12Cl4O5S/c20-11-3-1-10(2-4-11)19(29(26,27)28,14-6-5-13(24)9-16(14)22)15-7-12(21)8-17(23)18(15)25/h1-9,24-25H,(H,26,27,28). The van der Waals surface area contributed by atoms with Crippen LogP contribution in [-0.2, 0) is 14.9 Å². The molecule has 0 spiro atoms. The Labute approximate surface area is 186 Å². The number of aromatic hydroxyl groups is 2. The van der Waals surface area contributed by atoms with Gasteiger partial charge in [-0.05, 0) is 42.0 Å². The Kier molecular flexibility index (Phi) is 5.98. The van der Waals surface area contributed by atoms with Gasteiger partial charge in [-0.25, -0.2) is 0 Å². The molecule has 0 aliphatic heterocycles. The van der Waals surface area contributed by atoms with Crippen molar-refractivity contribution in [2.24, 2.45) is 0 Å². The highest BCUT2D eigenvalue weighted by Crippen LogP contribution is 2.51. The Morgan fingerprint density at radius 1 is 0.724 bits per heavy atom. The van der Waals surface area contributed by atoms with Crippen molar-refractivity contribution in [3.05, 3.63) is 91.4 Å². The average Bonchev–Trinajstić information content (AvgIpc) is 2.61. The van der Waals surface area contributed by atoms with Crippen LogP contribution >= 0.6 is 46.4 Å². The number of benzene rings is 3. The summed E-state index contributed by atoms with van der Waals surface area (Å²) in [5.74, 6) is -0.847. The van der Waals surface area contributed by atoms with E-state index in [4.69, 9.17) is 46.4 Å². The van der Waals surface area contributed by atoms with Crippen LogP contribution in [0.2, 0.25) is 20.1 Å². The largest absolute Gasteiger partial charge is 0.508 e. The second-order valence-electron chi connectivity index (χ2n) is 6.11. The van der Waals surface area contributed by atoms with Gasteiger partial charge in [0, 0.05) is 26.2 Å². The summed E-state index contributed by atoms with van der Waals surface area (Å²) in [5.41, 5.74) is -0.464. The molecule has 152 valence electrons. The molecule has 0 aliphatic rings. The summed E-state index contributed by atoms with van der Waals surface area (Å²) in [7, 11) is -5.08. The smallest absolute Gasteiger partial charge is 0.283 e. The molecule has 3 N–H and O–H groups in total. The summed E-state index contributed by atoms with van der Waals surface area (Å²) in [5, 5.41) is 20.3. The van der Waals surface area contributed by atoms with Crippen molar-refractivity contribution in [2.75, 3.05) is 0 Å². The van der Waals surface area contributed by atoms with Crippen LogP contribution in [-0.4, -0.2) is 23.2 Å². The van der Waals surface area contributed by atoms with Gasteiger partial charge >= 0.3 is 0 Å². The van der Waals surface area contributed by atoms with E-state index in [1.165, 1.54) is 42.5 Å². The lowest BCUT2D eigenvalue weighted by Gasteiger charge is -2.34. The molecule has 10 heteroatoms. The molecule has 29 heavy (non-hydrogen) atoms. The first-order valence-corrected chi connectivity index (χ1v) is 10.8. The van der Waals surface area contributed by atoms with E-state index in [2.05, 4.69) is 0 Å². The van der Waals surface area contributed by atoms with E-state index < -0.39 is 20.6 Å². The molecule has 1 unspecified atom stereocenters. The Balaban J connectivity index is 2.61. The monoisotopic (exact) mass is 492 g/mol. The minimum atomic E-state index is -5.08. The first-order valence-electron chi connectivity index (χ1n) is 7.89. The van der Waals surface area contributed by atoms with Crippen molar-refractivity contribution >= 4 is 56.5 Å². The van der Waals surface area contributed by atoms with Gasteiger partial charge in [0.1, 0.15) is 11.5 Å². The van der Waals surface area contributed by atoms with Gasteiger partial charge in [0.25, 0.3) is 10.1 Å². The Morgan fingerprint density at radius 2 is 1.34 bits per heavy atom. The van der Waals surface area contributed by atoms with Crippen LogP contribution in [0.1, 0.15) is 16.7 Å². The maximum atomic E-state index is 13.0. The molecule has 3 aromatic rings. The molecule has 3 rings (SSSR count). The molecule has 0 aromatic heterocycles. The molecular formula is C19H12Cl4O5S. The number of hydrogen-bond donors (Lipinski definition) is 3. The summed E-state index contributed by atoms with van der Waals surface area (Å²) in [6, 6.07) is 11.4. The highest BCUT2D eigenvalue weighted by atomic mass is 35.5. The summed E-state index contributed by atoms with van der Waals surface area (Å²) < 4.78 is 34.0. The van der Waals surface area contributed by atoms with Crippen LogP contribution < -0.4 is 0 Å². The summed E-state index contributed by atoms with van der Waals surface area (Å²) in [6.45, 7) is 0. The molecule has 0 aliphatic carbocycles. The van der Waals surface area contributed by atoms with E-state index in [1.807, 2.05) is 0 Å². The molecule has 5 nitrogen and oxygen atoms in total. The van der Waals surface area contributed by atoms with Crippen molar-refractivity contribution in [1.82, 2.24) is 0 Å². The molecule has 0 radical (unpaired) electrons. The predicted molar refractivity (Wildman–Crippen MR) is 114 cm³/mol. The second kappa shape index (κ2) is 7.87. The highest BCUT2D eigenvalue weighted by molar-refractivity contribution is 7.87. The van der Waals surface area contributed by atoms with E-state index in [0.29, 0.717) is 5.02 Å². The minimum absolute atomic E-state index is 0.00521. The highest BCUT2D eigenvalue weighted by Gasteiger charge is 2.51. The van der Waals surface area contributed by atoms with Crippen molar-refractivity contribution in [1.29, 1.82) is 0 Å². The van der Waals surface area contributed by atoms with E-state index in [9.17, 15) is 23.2 Å². The molecule has 1 atom stereocenters. The number of rotatable bonds is 4. The fourth-order valence-electron chi connectivity index (χ4n) is 3.19. The second-order valence-corrected chi connectivity index (χ2v) is 9.36. The average molecular weight is 494 g/mol. The topological polar surface area (TPSA) is 94.8 Å². The predicted octanol–water partition coefficient (Wildman–Crippen LogP) is 5.89. The number of hydrogen-bond acceptors (Lipinski definition) is 4. The molecule has 0 saturated carbocycles. The van der Waals surface area contributed by atoms with Gasteiger partial charge in [0.05, 0.1) is 5.02 Å². The third-order valence-corrected chi connectivity index (χ3v) is 6.90. The summed E-state index contributed by atoms with van der Waals surface area (Å²) in [6.07, 6.45) is 0. The molecular weight excluding hydrogens is 482 g/mol. The van der Waals surface area contributed by atoms with E-state index in [1.54, 1.807) is 0 Å². The van der Waals surface area contributed by atoms with Crippen LogP contribution in [0.3, 0.4) is 0 Å². The third-order valence-electron chi connectivity index (χ3n) is 4.38. The molecule has 0 amide bonds. The zero-order valence-electron chi connectivity index (χ0n) is 14.3. The zero-order valence-corrected chi connectivity index (χ0v) is 18.1. The molecule has 0 fully saturated rings. The normalized spacial score (nSPS) is 13.8. The molecule has 3 aromatic carbocycles. The van der Waals surface area contributed by atoms with E-state index in [0.717, 1.165) is 12.1 Å². The fraction of sp³-hybridized carbons (Fsp3) is 0.0526. The minimum Gasteiger partial charge on any atom is -0.508 e.